The third-order valence-corrected chi connectivity index (χ3v) is 5.21. The zero-order valence-electron chi connectivity index (χ0n) is 16.9. The molecule has 3 heterocycles. The van der Waals surface area contributed by atoms with Crippen LogP contribution in [0.25, 0.3) is 27.8 Å². The molecule has 0 unspecified atom stereocenters. The van der Waals surface area contributed by atoms with Crippen LogP contribution in [0, 0.1) is 18.6 Å². The number of nitrogens with one attached hydrogen (secondary N) is 2. The van der Waals surface area contributed by atoms with Crippen molar-refractivity contribution in [3.8, 4) is 5.69 Å². The molecule has 2 aromatic carbocycles. The molecule has 160 valence electrons. The zero-order chi connectivity index (χ0) is 22.2. The summed E-state index contributed by atoms with van der Waals surface area (Å²) < 4.78 is 29.8. The lowest BCUT2D eigenvalue weighted by atomic mass is 10.1. The van der Waals surface area contributed by atoms with E-state index in [1.807, 2.05) is 0 Å². The second kappa shape index (κ2) is 7.80. The van der Waals surface area contributed by atoms with E-state index in [1.165, 1.54) is 24.8 Å². The van der Waals surface area contributed by atoms with Gasteiger partial charge in [-0.25, -0.2) is 28.7 Å². The van der Waals surface area contributed by atoms with Crippen LogP contribution in [0.4, 0.5) is 14.6 Å². The van der Waals surface area contributed by atoms with Crippen LogP contribution in [0.5, 0.6) is 0 Å². The Morgan fingerprint density at radius 3 is 2.81 bits per heavy atom. The maximum Gasteiger partial charge on any atom is 0.266 e. The Bertz CT molecular complexity index is 1530. The highest BCUT2D eigenvalue weighted by molar-refractivity contribution is 5.82. The van der Waals surface area contributed by atoms with E-state index in [0.29, 0.717) is 40.0 Å². The molecule has 0 saturated carbocycles. The number of imidazole rings is 1. The molecule has 0 atom stereocenters. The van der Waals surface area contributed by atoms with Crippen molar-refractivity contribution in [2.75, 3.05) is 11.9 Å². The SMILES string of the molecule is Cc1cccc2nc(CCNc3ncnc4[nH]cnc34)n(-c3cccc(F)c3F)c(=O)c12. The summed E-state index contributed by atoms with van der Waals surface area (Å²) in [4.78, 5) is 33.4. The molecule has 0 amide bonds. The van der Waals surface area contributed by atoms with Gasteiger partial charge in [-0.3, -0.25) is 9.36 Å². The lowest BCUT2D eigenvalue weighted by Crippen LogP contribution is -2.27. The topological polar surface area (TPSA) is 101 Å². The van der Waals surface area contributed by atoms with Crippen LogP contribution in [0.1, 0.15) is 11.4 Å². The Kier molecular flexibility index (Phi) is 4.81. The molecule has 32 heavy (non-hydrogen) atoms. The summed E-state index contributed by atoms with van der Waals surface area (Å²) in [6.07, 6.45) is 3.16. The minimum Gasteiger partial charge on any atom is -0.368 e. The van der Waals surface area contributed by atoms with Crippen molar-refractivity contribution in [1.29, 1.82) is 0 Å². The summed E-state index contributed by atoms with van der Waals surface area (Å²) in [5, 5.41) is 3.51. The molecule has 0 bridgehead atoms. The van der Waals surface area contributed by atoms with Gasteiger partial charge in [0, 0.05) is 13.0 Å². The molecule has 0 aliphatic carbocycles. The van der Waals surface area contributed by atoms with Gasteiger partial charge in [0.2, 0.25) is 0 Å². The number of anilines is 1. The predicted octanol–water partition coefficient (Wildman–Crippen LogP) is 3.29. The highest BCUT2D eigenvalue weighted by atomic mass is 19.2. The fraction of sp³-hybridized carbons (Fsp3) is 0.136. The standard InChI is InChI=1S/C22H17F2N7O/c1-12-4-2-6-14-17(12)22(32)31(15-7-3-5-13(23)18(15)24)16(30-14)8-9-25-20-19-21(27-10-26-19)29-11-28-20/h2-7,10-11H,8-9H2,1H3,(H2,25,26,27,28,29). The molecule has 2 N–H and O–H groups in total. The number of aromatic amines is 1. The number of aromatic nitrogens is 6. The Hall–Kier alpha value is -4.21. The molecule has 10 heteroatoms. The van der Waals surface area contributed by atoms with Crippen molar-refractivity contribution in [3.05, 3.63) is 82.4 Å². The number of rotatable bonds is 5. The highest BCUT2D eigenvalue weighted by Gasteiger charge is 2.18. The van der Waals surface area contributed by atoms with Gasteiger partial charge in [-0.05, 0) is 30.7 Å². The first-order valence-corrected chi connectivity index (χ1v) is 9.88. The van der Waals surface area contributed by atoms with Gasteiger partial charge in [0.25, 0.3) is 5.56 Å². The van der Waals surface area contributed by atoms with Gasteiger partial charge in [0.1, 0.15) is 17.7 Å². The third-order valence-electron chi connectivity index (χ3n) is 5.21. The average Bonchev–Trinajstić information content (AvgIpc) is 3.26. The predicted molar refractivity (Wildman–Crippen MR) is 116 cm³/mol. The summed E-state index contributed by atoms with van der Waals surface area (Å²) in [5.74, 6) is -1.34. The minimum atomic E-state index is -1.10. The van der Waals surface area contributed by atoms with Crippen LogP contribution in [0.3, 0.4) is 0 Å². The monoisotopic (exact) mass is 433 g/mol. The van der Waals surface area contributed by atoms with E-state index in [4.69, 9.17) is 0 Å². The number of benzene rings is 2. The highest BCUT2D eigenvalue weighted by Crippen LogP contribution is 2.20. The lowest BCUT2D eigenvalue weighted by Gasteiger charge is -2.16. The van der Waals surface area contributed by atoms with Crippen LogP contribution in [0.2, 0.25) is 0 Å². The van der Waals surface area contributed by atoms with Gasteiger partial charge >= 0.3 is 0 Å². The Balaban J connectivity index is 1.59. The molecule has 5 aromatic rings. The molecule has 0 spiro atoms. The zero-order valence-corrected chi connectivity index (χ0v) is 16.9. The first-order chi connectivity index (χ1) is 15.5. The van der Waals surface area contributed by atoms with Gasteiger partial charge in [-0.1, -0.05) is 18.2 Å². The second-order valence-corrected chi connectivity index (χ2v) is 7.21. The minimum absolute atomic E-state index is 0.181. The van der Waals surface area contributed by atoms with Crippen LogP contribution in [-0.2, 0) is 6.42 Å². The molecule has 5 rings (SSSR count). The summed E-state index contributed by atoms with van der Waals surface area (Å²) in [7, 11) is 0. The summed E-state index contributed by atoms with van der Waals surface area (Å²) in [6, 6.07) is 9.04. The molecular weight excluding hydrogens is 416 g/mol. The molecule has 0 fully saturated rings. The van der Waals surface area contributed by atoms with Gasteiger partial charge in [-0.15, -0.1) is 0 Å². The van der Waals surface area contributed by atoms with E-state index in [2.05, 4.69) is 30.2 Å². The maximum atomic E-state index is 14.7. The van der Waals surface area contributed by atoms with Crippen molar-refractivity contribution in [3.63, 3.8) is 0 Å². The fourth-order valence-electron chi connectivity index (χ4n) is 3.71. The van der Waals surface area contributed by atoms with Gasteiger partial charge in [0.15, 0.2) is 23.1 Å². The fourth-order valence-corrected chi connectivity index (χ4v) is 3.71. The van der Waals surface area contributed by atoms with Crippen LogP contribution >= 0.6 is 0 Å². The van der Waals surface area contributed by atoms with Crippen LogP contribution in [0.15, 0.2) is 53.8 Å². The quantitative estimate of drug-likeness (QED) is 0.441. The molecule has 0 radical (unpaired) electrons. The molecule has 0 aliphatic heterocycles. The number of hydrogen-bond donors (Lipinski definition) is 2. The van der Waals surface area contributed by atoms with Gasteiger partial charge in [0.05, 0.1) is 22.9 Å². The van der Waals surface area contributed by atoms with Crippen molar-refractivity contribution in [2.45, 2.75) is 13.3 Å². The van der Waals surface area contributed by atoms with Crippen molar-refractivity contribution in [2.24, 2.45) is 0 Å². The maximum absolute atomic E-state index is 14.7. The van der Waals surface area contributed by atoms with Gasteiger partial charge < -0.3 is 10.3 Å². The number of H-pyrrole nitrogens is 1. The number of fused-ring (bicyclic) bond motifs is 2. The number of nitrogens with zero attached hydrogens (tertiary/aromatic N) is 5. The first kappa shape index (κ1) is 19.7. The Morgan fingerprint density at radius 2 is 1.94 bits per heavy atom. The number of aryl methyl sites for hydroxylation is 1. The van der Waals surface area contributed by atoms with Crippen LogP contribution < -0.4 is 10.9 Å². The second-order valence-electron chi connectivity index (χ2n) is 7.21. The van der Waals surface area contributed by atoms with E-state index in [9.17, 15) is 13.6 Å². The van der Waals surface area contributed by atoms with Crippen molar-refractivity contribution in [1.82, 2.24) is 29.5 Å². The lowest BCUT2D eigenvalue weighted by molar-refractivity contribution is 0.502. The van der Waals surface area contributed by atoms with E-state index in [0.717, 1.165) is 10.6 Å². The normalized spacial score (nSPS) is 11.3. The Morgan fingerprint density at radius 1 is 1.09 bits per heavy atom. The van der Waals surface area contributed by atoms with Crippen molar-refractivity contribution >= 4 is 27.9 Å². The van der Waals surface area contributed by atoms with Gasteiger partial charge in [-0.2, -0.15) is 0 Å². The van der Waals surface area contributed by atoms with E-state index < -0.39 is 17.2 Å². The number of halogens is 2. The Labute approximate surface area is 180 Å². The molecular formula is C22H17F2N7O. The smallest absolute Gasteiger partial charge is 0.266 e. The van der Waals surface area contributed by atoms with Crippen LogP contribution in [-0.4, -0.2) is 36.0 Å². The largest absolute Gasteiger partial charge is 0.368 e. The van der Waals surface area contributed by atoms with Crippen molar-refractivity contribution < 1.29 is 8.78 Å². The average molecular weight is 433 g/mol. The van der Waals surface area contributed by atoms with E-state index in [1.54, 1.807) is 25.1 Å². The number of hydrogen-bond acceptors (Lipinski definition) is 6. The first-order valence-electron chi connectivity index (χ1n) is 9.88. The summed E-state index contributed by atoms with van der Waals surface area (Å²) >= 11 is 0. The van der Waals surface area contributed by atoms with E-state index >= 15 is 0 Å². The molecule has 0 aliphatic rings. The molecule has 3 aromatic heterocycles. The summed E-state index contributed by atoms with van der Waals surface area (Å²) in [5.41, 5.74) is 1.72. The van der Waals surface area contributed by atoms with E-state index in [-0.39, 0.29) is 17.9 Å². The third kappa shape index (κ3) is 3.25. The molecule has 0 saturated heterocycles. The summed E-state index contributed by atoms with van der Waals surface area (Å²) in [6.45, 7) is 2.10. The molecule has 8 nitrogen and oxygen atoms in total.